The van der Waals surface area contributed by atoms with Crippen LogP contribution >= 0.6 is 11.6 Å². The molecule has 0 fully saturated rings. The fraction of sp³-hybridized carbons (Fsp3) is 0.214. The molecule has 5 heteroatoms. The van der Waals surface area contributed by atoms with Gasteiger partial charge in [0.1, 0.15) is 12.4 Å². The number of amides is 1. The minimum atomic E-state index is -0.378. The van der Waals surface area contributed by atoms with E-state index in [9.17, 15) is 4.79 Å². The lowest BCUT2D eigenvalue weighted by molar-refractivity contribution is -0.117. The Labute approximate surface area is 116 Å². The highest BCUT2D eigenvalue weighted by Gasteiger charge is 2.04. The molecule has 100 valence electrons. The third kappa shape index (κ3) is 3.59. The first-order valence-electron chi connectivity index (χ1n) is 5.97. The minimum absolute atomic E-state index is 0.157. The van der Waals surface area contributed by atoms with Crippen LogP contribution in [0.5, 0.6) is 5.75 Å². The summed E-state index contributed by atoms with van der Waals surface area (Å²) >= 11 is 6.13. The zero-order chi connectivity index (χ0) is 13.7. The van der Waals surface area contributed by atoms with Crippen LogP contribution < -0.4 is 15.8 Å². The Balaban J connectivity index is 2.01. The quantitative estimate of drug-likeness (QED) is 0.794. The molecule has 2 rings (SSSR count). The van der Waals surface area contributed by atoms with E-state index in [4.69, 9.17) is 22.1 Å². The molecule has 0 bridgehead atoms. The number of primary amides is 1. The monoisotopic (exact) mass is 278 g/mol. The van der Waals surface area contributed by atoms with Crippen LogP contribution in [-0.4, -0.2) is 25.6 Å². The molecule has 0 aliphatic rings. The normalized spacial score (nSPS) is 10.6. The highest BCUT2D eigenvalue weighted by molar-refractivity contribution is 6.35. The van der Waals surface area contributed by atoms with Gasteiger partial charge in [0.05, 0.1) is 6.54 Å². The van der Waals surface area contributed by atoms with Crippen LogP contribution in [0.4, 0.5) is 0 Å². The van der Waals surface area contributed by atoms with Crippen LogP contribution in [0.15, 0.2) is 36.4 Å². The van der Waals surface area contributed by atoms with Gasteiger partial charge in [0.15, 0.2) is 0 Å². The first-order chi connectivity index (χ1) is 9.18. The Bertz CT molecular complexity index is 587. The van der Waals surface area contributed by atoms with Crippen LogP contribution in [0.2, 0.25) is 5.02 Å². The Morgan fingerprint density at radius 2 is 1.95 bits per heavy atom. The molecule has 0 aliphatic heterocycles. The molecule has 0 saturated carbocycles. The Morgan fingerprint density at radius 1 is 1.21 bits per heavy atom. The molecule has 3 N–H and O–H groups in total. The van der Waals surface area contributed by atoms with Crippen molar-refractivity contribution in [3.63, 3.8) is 0 Å². The summed E-state index contributed by atoms with van der Waals surface area (Å²) in [5, 5.41) is 5.53. The van der Waals surface area contributed by atoms with Crippen LogP contribution in [0.1, 0.15) is 0 Å². The number of halogens is 1. The average Bonchev–Trinajstić information content (AvgIpc) is 2.41. The van der Waals surface area contributed by atoms with E-state index in [0.717, 1.165) is 16.5 Å². The van der Waals surface area contributed by atoms with Gasteiger partial charge in [0.2, 0.25) is 5.91 Å². The molecule has 0 heterocycles. The summed E-state index contributed by atoms with van der Waals surface area (Å²) in [6.07, 6.45) is 0. The van der Waals surface area contributed by atoms with Gasteiger partial charge in [0.25, 0.3) is 0 Å². The van der Waals surface area contributed by atoms with Gasteiger partial charge < -0.3 is 15.8 Å². The van der Waals surface area contributed by atoms with E-state index >= 15 is 0 Å². The summed E-state index contributed by atoms with van der Waals surface area (Å²) in [6, 6.07) is 11.5. The second kappa shape index (κ2) is 6.41. The van der Waals surface area contributed by atoms with E-state index in [1.165, 1.54) is 0 Å². The zero-order valence-corrected chi connectivity index (χ0v) is 11.1. The Morgan fingerprint density at radius 3 is 2.68 bits per heavy atom. The van der Waals surface area contributed by atoms with E-state index in [1.807, 2.05) is 36.4 Å². The van der Waals surface area contributed by atoms with Gasteiger partial charge in [0, 0.05) is 22.3 Å². The Hall–Kier alpha value is -1.78. The summed E-state index contributed by atoms with van der Waals surface area (Å²) in [5.74, 6) is 0.401. The van der Waals surface area contributed by atoms with Crippen molar-refractivity contribution in [3.05, 3.63) is 41.4 Å². The molecule has 2 aromatic carbocycles. The third-order valence-electron chi connectivity index (χ3n) is 2.67. The number of nitrogens with two attached hydrogens (primary N) is 1. The highest BCUT2D eigenvalue weighted by Crippen LogP contribution is 2.31. The second-order valence-electron chi connectivity index (χ2n) is 4.08. The number of nitrogens with one attached hydrogen (secondary N) is 1. The van der Waals surface area contributed by atoms with Gasteiger partial charge in [-0.15, -0.1) is 0 Å². The van der Waals surface area contributed by atoms with E-state index in [-0.39, 0.29) is 12.5 Å². The number of hydrogen-bond acceptors (Lipinski definition) is 3. The molecule has 0 spiro atoms. The predicted molar refractivity (Wildman–Crippen MR) is 76.5 cm³/mol. The van der Waals surface area contributed by atoms with Crippen molar-refractivity contribution in [3.8, 4) is 5.75 Å². The lowest BCUT2D eigenvalue weighted by Gasteiger charge is -2.10. The molecule has 0 unspecified atom stereocenters. The molecular formula is C14H15ClN2O2. The number of ether oxygens (including phenoxy) is 1. The fourth-order valence-corrected chi connectivity index (χ4v) is 2.03. The van der Waals surface area contributed by atoms with E-state index in [0.29, 0.717) is 18.2 Å². The predicted octanol–water partition coefficient (Wildman–Crippen LogP) is 1.95. The molecule has 1 amide bonds. The summed E-state index contributed by atoms with van der Waals surface area (Å²) in [7, 11) is 0. The molecule has 0 saturated heterocycles. The van der Waals surface area contributed by atoms with Crippen LogP contribution in [-0.2, 0) is 4.79 Å². The van der Waals surface area contributed by atoms with Crippen molar-refractivity contribution < 1.29 is 9.53 Å². The van der Waals surface area contributed by atoms with Crippen LogP contribution in [0.3, 0.4) is 0 Å². The SMILES string of the molecule is NC(=O)CNCCOc1ccc(Cl)c2ccccc12. The maximum absolute atomic E-state index is 10.5. The molecular weight excluding hydrogens is 264 g/mol. The van der Waals surface area contributed by atoms with Crippen molar-refractivity contribution >= 4 is 28.3 Å². The van der Waals surface area contributed by atoms with E-state index in [1.54, 1.807) is 0 Å². The molecule has 0 radical (unpaired) electrons. The molecule has 0 aliphatic carbocycles. The fourth-order valence-electron chi connectivity index (χ4n) is 1.81. The van der Waals surface area contributed by atoms with Crippen LogP contribution in [0.25, 0.3) is 10.8 Å². The van der Waals surface area contributed by atoms with Gasteiger partial charge in [-0.3, -0.25) is 4.79 Å². The average molecular weight is 279 g/mol. The topological polar surface area (TPSA) is 64.4 Å². The highest BCUT2D eigenvalue weighted by atomic mass is 35.5. The Kier molecular flexibility index (Phi) is 4.60. The molecule has 0 atom stereocenters. The van der Waals surface area contributed by atoms with Crippen LogP contribution in [0, 0.1) is 0 Å². The number of carbonyl (C=O) groups is 1. The van der Waals surface area contributed by atoms with Crippen molar-refractivity contribution in [1.82, 2.24) is 5.32 Å². The molecule has 2 aromatic rings. The summed E-state index contributed by atoms with van der Waals surface area (Å²) in [6.45, 7) is 1.17. The first kappa shape index (κ1) is 13.6. The second-order valence-corrected chi connectivity index (χ2v) is 4.49. The standard InChI is InChI=1S/C14H15ClN2O2/c15-12-5-6-13(11-4-2-1-3-10(11)12)19-8-7-17-9-14(16)18/h1-6,17H,7-9H2,(H2,16,18). The number of benzene rings is 2. The number of hydrogen-bond donors (Lipinski definition) is 2. The lowest BCUT2D eigenvalue weighted by Crippen LogP contribution is -2.31. The lowest BCUT2D eigenvalue weighted by atomic mass is 10.1. The summed E-state index contributed by atoms with van der Waals surface area (Å²) in [5.41, 5.74) is 5.02. The van der Waals surface area contributed by atoms with E-state index in [2.05, 4.69) is 5.32 Å². The van der Waals surface area contributed by atoms with Gasteiger partial charge in [-0.1, -0.05) is 35.9 Å². The number of fused-ring (bicyclic) bond motifs is 1. The van der Waals surface area contributed by atoms with Gasteiger partial charge in [-0.05, 0) is 12.1 Å². The third-order valence-corrected chi connectivity index (χ3v) is 3.00. The smallest absolute Gasteiger partial charge is 0.231 e. The maximum atomic E-state index is 10.5. The van der Waals surface area contributed by atoms with E-state index < -0.39 is 0 Å². The number of carbonyl (C=O) groups excluding carboxylic acids is 1. The maximum Gasteiger partial charge on any atom is 0.231 e. The van der Waals surface area contributed by atoms with Gasteiger partial charge in [-0.25, -0.2) is 0 Å². The first-order valence-corrected chi connectivity index (χ1v) is 6.35. The molecule has 19 heavy (non-hydrogen) atoms. The van der Waals surface area contributed by atoms with Crippen molar-refractivity contribution in [2.24, 2.45) is 5.73 Å². The van der Waals surface area contributed by atoms with Crippen molar-refractivity contribution in [2.45, 2.75) is 0 Å². The van der Waals surface area contributed by atoms with Crippen molar-refractivity contribution in [2.75, 3.05) is 19.7 Å². The minimum Gasteiger partial charge on any atom is -0.492 e. The van der Waals surface area contributed by atoms with Crippen molar-refractivity contribution in [1.29, 1.82) is 0 Å². The summed E-state index contributed by atoms with van der Waals surface area (Å²) < 4.78 is 5.68. The largest absolute Gasteiger partial charge is 0.492 e. The number of rotatable bonds is 6. The summed E-state index contributed by atoms with van der Waals surface area (Å²) in [4.78, 5) is 10.5. The van der Waals surface area contributed by atoms with Gasteiger partial charge >= 0.3 is 0 Å². The molecule has 4 nitrogen and oxygen atoms in total. The molecule has 0 aromatic heterocycles. The van der Waals surface area contributed by atoms with Gasteiger partial charge in [-0.2, -0.15) is 0 Å². The zero-order valence-electron chi connectivity index (χ0n) is 10.4.